The minimum Gasteiger partial charge on any atom is -0.394 e. The van der Waals surface area contributed by atoms with Crippen LogP contribution < -0.4 is 4.90 Å². The van der Waals surface area contributed by atoms with E-state index >= 15 is 0 Å². The number of ether oxygens (including phenoxy) is 1. The summed E-state index contributed by atoms with van der Waals surface area (Å²) in [4.78, 5) is 2.30. The molecule has 0 amide bonds. The van der Waals surface area contributed by atoms with Crippen molar-refractivity contribution in [2.75, 3.05) is 31.2 Å². The Morgan fingerprint density at radius 2 is 2.10 bits per heavy atom. The van der Waals surface area contributed by atoms with Crippen LogP contribution >= 0.6 is 15.9 Å². The zero-order chi connectivity index (χ0) is 14.5. The van der Waals surface area contributed by atoms with Gasteiger partial charge in [-0.25, -0.2) is 0 Å². The highest BCUT2D eigenvalue weighted by Gasteiger charge is 2.22. The molecule has 4 nitrogen and oxygen atoms in total. The average molecular weight is 344 g/mol. The van der Waals surface area contributed by atoms with Gasteiger partial charge in [0.05, 0.1) is 25.4 Å². The van der Waals surface area contributed by atoms with Gasteiger partial charge in [0, 0.05) is 28.8 Å². The standard InChI is InChI=1S/C15H22BrNO3/c1-11(19)14-3-2-12(16)10-15(14)17-6-4-13(5-7-17)20-9-8-18/h2-3,10-11,13,18-19H,4-9H2,1H3. The molecule has 112 valence electrons. The monoisotopic (exact) mass is 343 g/mol. The lowest BCUT2D eigenvalue weighted by Gasteiger charge is -2.35. The lowest BCUT2D eigenvalue weighted by molar-refractivity contribution is 0.0158. The summed E-state index contributed by atoms with van der Waals surface area (Å²) in [5.74, 6) is 0. The summed E-state index contributed by atoms with van der Waals surface area (Å²) in [6.07, 6.45) is 1.67. The number of rotatable bonds is 5. The molecule has 1 aromatic carbocycles. The number of anilines is 1. The molecule has 2 rings (SSSR count). The van der Waals surface area contributed by atoms with Crippen LogP contribution in [-0.2, 0) is 4.74 Å². The molecule has 1 aromatic rings. The zero-order valence-corrected chi connectivity index (χ0v) is 13.3. The van der Waals surface area contributed by atoms with Crippen LogP contribution in [0, 0.1) is 0 Å². The summed E-state index contributed by atoms with van der Waals surface area (Å²) < 4.78 is 6.61. The second-order valence-corrected chi connectivity index (χ2v) is 6.08. The Morgan fingerprint density at radius 3 is 2.70 bits per heavy atom. The summed E-state index contributed by atoms with van der Waals surface area (Å²) in [5, 5.41) is 18.7. The molecule has 20 heavy (non-hydrogen) atoms. The Labute approximate surface area is 128 Å². The summed E-state index contributed by atoms with van der Waals surface area (Å²) in [5.41, 5.74) is 2.05. The van der Waals surface area contributed by atoms with Crippen molar-refractivity contribution in [1.29, 1.82) is 0 Å². The number of hydrogen-bond acceptors (Lipinski definition) is 4. The van der Waals surface area contributed by atoms with E-state index in [4.69, 9.17) is 9.84 Å². The second-order valence-electron chi connectivity index (χ2n) is 5.16. The van der Waals surface area contributed by atoms with Crippen molar-refractivity contribution in [3.63, 3.8) is 0 Å². The molecule has 1 unspecified atom stereocenters. The molecule has 0 saturated carbocycles. The molecule has 0 bridgehead atoms. The largest absolute Gasteiger partial charge is 0.394 e. The molecule has 5 heteroatoms. The Hall–Kier alpha value is -0.620. The van der Waals surface area contributed by atoms with E-state index in [1.807, 2.05) is 12.1 Å². The van der Waals surface area contributed by atoms with E-state index in [9.17, 15) is 5.11 Å². The summed E-state index contributed by atoms with van der Waals surface area (Å²) in [7, 11) is 0. The van der Waals surface area contributed by atoms with Crippen LogP contribution in [0.2, 0.25) is 0 Å². The molecule has 1 atom stereocenters. The lowest BCUT2D eigenvalue weighted by Crippen LogP contribution is -2.38. The SMILES string of the molecule is CC(O)c1ccc(Br)cc1N1CCC(OCCO)CC1. The maximum Gasteiger partial charge on any atom is 0.0782 e. The van der Waals surface area contributed by atoms with Gasteiger partial charge in [-0.15, -0.1) is 0 Å². The number of piperidine rings is 1. The summed E-state index contributed by atoms with van der Waals surface area (Å²) >= 11 is 3.50. The van der Waals surface area contributed by atoms with Gasteiger partial charge in [0.2, 0.25) is 0 Å². The number of benzene rings is 1. The van der Waals surface area contributed by atoms with Crippen molar-refractivity contribution in [3.05, 3.63) is 28.2 Å². The Bertz CT molecular complexity index is 431. The summed E-state index contributed by atoms with van der Waals surface area (Å²) in [6.45, 7) is 4.11. The first kappa shape index (κ1) is 15.8. The molecule has 0 spiro atoms. The van der Waals surface area contributed by atoms with Crippen LogP contribution in [0.15, 0.2) is 22.7 Å². The fourth-order valence-electron chi connectivity index (χ4n) is 2.63. The number of nitrogens with zero attached hydrogens (tertiary/aromatic N) is 1. The van der Waals surface area contributed by atoms with Gasteiger partial charge in [-0.3, -0.25) is 0 Å². The van der Waals surface area contributed by atoms with E-state index in [-0.39, 0.29) is 12.7 Å². The summed E-state index contributed by atoms with van der Waals surface area (Å²) in [6, 6.07) is 6.00. The fourth-order valence-corrected chi connectivity index (χ4v) is 2.98. The van der Waals surface area contributed by atoms with Gasteiger partial charge in [-0.2, -0.15) is 0 Å². The van der Waals surface area contributed by atoms with E-state index in [1.165, 1.54) is 0 Å². The Kier molecular flexibility index (Phi) is 5.84. The number of aliphatic hydroxyl groups excluding tert-OH is 2. The molecule has 2 N–H and O–H groups in total. The number of aliphatic hydroxyl groups is 2. The quantitative estimate of drug-likeness (QED) is 0.862. The van der Waals surface area contributed by atoms with E-state index < -0.39 is 6.10 Å². The highest BCUT2D eigenvalue weighted by Crippen LogP contribution is 2.31. The third-order valence-corrected chi connectivity index (χ3v) is 4.16. The topological polar surface area (TPSA) is 52.9 Å². The van der Waals surface area contributed by atoms with Gasteiger partial charge in [0.15, 0.2) is 0 Å². The van der Waals surface area contributed by atoms with Crippen molar-refractivity contribution >= 4 is 21.6 Å². The van der Waals surface area contributed by atoms with Crippen molar-refractivity contribution in [2.45, 2.75) is 32.0 Å². The molecular weight excluding hydrogens is 322 g/mol. The van der Waals surface area contributed by atoms with Crippen molar-refractivity contribution in [3.8, 4) is 0 Å². The molecule has 0 aromatic heterocycles. The second kappa shape index (κ2) is 7.41. The van der Waals surface area contributed by atoms with E-state index in [1.54, 1.807) is 6.92 Å². The van der Waals surface area contributed by atoms with Gasteiger partial charge in [0.25, 0.3) is 0 Å². The Balaban J connectivity index is 2.04. The van der Waals surface area contributed by atoms with Gasteiger partial charge in [-0.05, 0) is 31.9 Å². The lowest BCUT2D eigenvalue weighted by atomic mass is 10.0. The van der Waals surface area contributed by atoms with Crippen molar-refractivity contribution in [1.82, 2.24) is 0 Å². The first-order chi connectivity index (χ1) is 9.61. The van der Waals surface area contributed by atoms with Crippen LogP contribution in [0.1, 0.15) is 31.4 Å². The van der Waals surface area contributed by atoms with Gasteiger partial charge in [-0.1, -0.05) is 22.0 Å². The van der Waals surface area contributed by atoms with E-state index in [2.05, 4.69) is 26.9 Å². The van der Waals surface area contributed by atoms with E-state index in [0.717, 1.165) is 41.7 Å². The normalized spacial score (nSPS) is 18.3. The first-order valence-electron chi connectivity index (χ1n) is 7.06. The zero-order valence-electron chi connectivity index (χ0n) is 11.8. The minimum atomic E-state index is -0.471. The highest BCUT2D eigenvalue weighted by molar-refractivity contribution is 9.10. The van der Waals surface area contributed by atoms with Crippen molar-refractivity contribution in [2.24, 2.45) is 0 Å². The molecule has 1 heterocycles. The molecule has 1 aliphatic rings. The van der Waals surface area contributed by atoms with Crippen molar-refractivity contribution < 1.29 is 14.9 Å². The van der Waals surface area contributed by atoms with Crippen LogP contribution in [0.25, 0.3) is 0 Å². The van der Waals surface area contributed by atoms with E-state index in [0.29, 0.717) is 6.61 Å². The van der Waals surface area contributed by atoms with Crippen LogP contribution in [-0.4, -0.2) is 42.6 Å². The third-order valence-electron chi connectivity index (χ3n) is 3.67. The maximum absolute atomic E-state index is 9.90. The van der Waals surface area contributed by atoms with Crippen LogP contribution in [0.5, 0.6) is 0 Å². The molecule has 1 aliphatic heterocycles. The fraction of sp³-hybridized carbons (Fsp3) is 0.600. The molecule has 0 aliphatic carbocycles. The van der Waals surface area contributed by atoms with Crippen LogP contribution in [0.4, 0.5) is 5.69 Å². The average Bonchev–Trinajstić information content (AvgIpc) is 2.45. The predicted octanol–water partition coefficient (Wildman–Crippen LogP) is 2.48. The predicted molar refractivity (Wildman–Crippen MR) is 83.0 cm³/mol. The Morgan fingerprint density at radius 1 is 1.40 bits per heavy atom. The molecule has 1 fully saturated rings. The van der Waals surface area contributed by atoms with Gasteiger partial charge in [0.1, 0.15) is 0 Å². The molecule has 0 radical (unpaired) electrons. The number of halogens is 1. The third kappa shape index (κ3) is 3.95. The van der Waals surface area contributed by atoms with Gasteiger partial charge < -0.3 is 19.8 Å². The first-order valence-corrected chi connectivity index (χ1v) is 7.86. The molecular formula is C15H22BrNO3. The number of hydrogen-bond donors (Lipinski definition) is 2. The van der Waals surface area contributed by atoms with Crippen LogP contribution in [0.3, 0.4) is 0 Å². The molecule has 1 saturated heterocycles. The van der Waals surface area contributed by atoms with Gasteiger partial charge >= 0.3 is 0 Å². The smallest absolute Gasteiger partial charge is 0.0782 e. The minimum absolute atomic E-state index is 0.0814. The maximum atomic E-state index is 9.90. The highest BCUT2D eigenvalue weighted by atomic mass is 79.9.